The third-order valence-corrected chi connectivity index (χ3v) is 5.13. The molecule has 1 heterocycles. The molecule has 1 amide bonds. The molecule has 138 valence electrons. The molecule has 2 N–H and O–H groups in total. The van der Waals surface area contributed by atoms with Crippen LogP contribution in [-0.2, 0) is 0 Å². The van der Waals surface area contributed by atoms with E-state index in [4.69, 9.17) is 9.47 Å². The Balaban J connectivity index is 2.12. The molecule has 0 saturated carbocycles. The number of ether oxygens (including phenoxy) is 2. The second kappa shape index (κ2) is 6.90. The van der Waals surface area contributed by atoms with Crippen LogP contribution in [0.25, 0.3) is 0 Å². The monoisotopic (exact) mass is 355 g/mol. The number of hydrogen-bond donors (Lipinski definition) is 2. The van der Waals surface area contributed by atoms with Gasteiger partial charge < -0.3 is 14.6 Å². The number of fused-ring (bicyclic) bond motifs is 1. The van der Waals surface area contributed by atoms with Crippen LogP contribution in [0.1, 0.15) is 53.5 Å². The van der Waals surface area contributed by atoms with Gasteiger partial charge in [-0.1, -0.05) is 38.1 Å². The van der Waals surface area contributed by atoms with Gasteiger partial charge >= 0.3 is 6.09 Å². The van der Waals surface area contributed by atoms with Gasteiger partial charge in [0, 0.05) is 17.0 Å². The van der Waals surface area contributed by atoms with Gasteiger partial charge in [-0.05, 0) is 36.5 Å². The lowest BCUT2D eigenvalue weighted by atomic mass is 9.87. The average Bonchev–Trinajstić information content (AvgIpc) is 3.04. The van der Waals surface area contributed by atoms with E-state index in [1.54, 1.807) is 7.11 Å². The highest BCUT2D eigenvalue weighted by Gasteiger charge is 2.34. The summed E-state index contributed by atoms with van der Waals surface area (Å²) in [6.07, 6.45) is -1.09. The van der Waals surface area contributed by atoms with Gasteiger partial charge in [0.1, 0.15) is 0 Å². The zero-order chi connectivity index (χ0) is 19.0. The van der Waals surface area contributed by atoms with E-state index in [1.807, 2.05) is 13.8 Å². The molecule has 1 unspecified atom stereocenters. The number of carboxylic acid groups (broad SMARTS) is 1. The number of nitrogens with one attached hydrogen (secondary N) is 1. The van der Waals surface area contributed by atoms with Crippen molar-refractivity contribution in [1.29, 1.82) is 0 Å². The van der Waals surface area contributed by atoms with Crippen LogP contribution in [0.2, 0.25) is 0 Å². The Morgan fingerprint density at radius 3 is 2.42 bits per heavy atom. The third-order valence-electron chi connectivity index (χ3n) is 5.13. The lowest BCUT2D eigenvalue weighted by Crippen LogP contribution is -2.12. The van der Waals surface area contributed by atoms with Crippen molar-refractivity contribution in [3.8, 4) is 11.5 Å². The second-order valence-corrected chi connectivity index (χ2v) is 7.02. The van der Waals surface area contributed by atoms with Crippen molar-refractivity contribution in [3.05, 3.63) is 52.1 Å². The molecule has 1 aliphatic heterocycles. The van der Waals surface area contributed by atoms with Crippen molar-refractivity contribution in [2.45, 2.75) is 39.5 Å². The van der Waals surface area contributed by atoms with Gasteiger partial charge in [0.2, 0.25) is 0 Å². The Bertz CT molecular complexity index is 840. The Morgan fingerprint density at radius 1 is 1.23 bits per heavy atom. The molecule has 0 bridgehead atoms. The number of amides is 1. The quantitative estimate of drug-likeness (QED) is 0.805. The summed E-state index contributed by atoms with van der Waals surface area (Å²) in [4.78, 5) is 11.2. The van der Waals surface area contributed by atoms with Crippen LogP contribution in [-0.4, -0.2) is 24.9 Å². The third kappa shape index (κ3) is 2.98. The maximum Gasteiger partial charge on any atom is 0.409 e. The van der Waals surface area contributed by atoms with Crippen molar-refractivity contribution < 1.29 is 19.4 Å². The minimum absolute atomic E-state index is 0.0510. The minimum atomic E-state index is -1.09. The maximum absolute atomic E-state index is 11.2. The van der Waals surface area contributed by atoms with Gasteiger partial charge in [0.25, 0.3) is 0 Å². The van der Waals surface area contributed by atoms with E-state index in [0.29, 0.717) is 24.0 Å². The molecule has 0 aromatic heterocycles. The molecule has 0 saturated heterocycles. The standard InChI is InChI=1S/C21H25NO4/c1-11(2)14-6-8-15(9-7-14)16-10-26-20-17(16)12(3)18(22-21(23)24)13(4)19(20)25-5/h6-9,11,16,22H,10H2,1-5H3,(H,23,24). The second-order valence-electron chi connectivity index (χ2n) is 7.02. The van der Waals surface area contributed by atoms with Crippen LogP contribution in [0.5, 0.6) is 11.5 Å². The summed E-state index contributed by atoms with van der Waals surface area (Å²) in [6.45, 7) is 8.63. The highest BCUT2D eigenvalue weighted by molar-refractivity contribution is 5.88. The number of carbonyl (C=O) groups is 1. The van der Waals surface area contributed by atoms with E-state index in [1.165, 1.54) is 5.56 Å². The van der Waals surface area contributed by atoms with Gasteiger partial charge in [0.15, 0.2) is 11.5 Å². The first kappa shape index (κ1) is 18.1. The van der Waals surface area contributed by atoms with Gasteiger partial charge in [-0.3, -0.25) is 5.32 Å². The molecular weight excluding hydrogens is 330 g/mol. The smallest absolute Gasteiger partial charge is 0.409 e. The summed E-state index contributed by atoms with van der Waals surface area (Å²) in [5.41, 5.74) is 5.64. The van der Waals surface area contributed by atoms with Crippen molar-refractivity contribution in [2.75, 3.05) is 19.0 Å². The summed E-state index contributed by atoms with van der Waals surface area (Å²) in [7, 11) is 1.58. The number of benzene rings is 2. The molecular formula is C21H25NO4. The first-order valence-electron chi connectivity index (χ1n) is 8.78. The fraction of sp³-hybridized carbons (Fsp3) is 0.381. The molecule has 0 radical (unpaired) electrons. The molecule has 5 heteroatoms. The molecule has 3 rings (SSSR count). The largest absolute Gasteiger partial charge is 0.492 e. The fourth-order valence-electron chi connectivity index (χ4n) is 3.72. The first-order chi connectivity index (χ1) is 12.3. The summed E-state index contributed by atoms with van der Waals surface area (Å²) in [6, 6.07) is 8.56. The van der Waals surface area contributed by atoms with Crippen LogP contribution in [0.15, 0.2) is 24.3 Å². The lowest BCUT2D eigenvalue weighted by molar-refractivity contribution is 0.209. The molecule has 1 aliphatic rings. The predicted octanol–water partition coefficient (Wildman–Crippen LogP) is 5.05. The minimum Gasteiger partial charge on any atom is -0.492 e. The molecule has 5 nitrogen and oxygen atoms in total. The van der Waals surface area contributed by atoms with E-state index < -0.39 is 6.09 Å². The topological polar surface area (TPSA) is 67.8 Å². The predicted molar refractivity (Wildman–Crippen MR) is 102 cm³/mol. The van der Waals surface area contributed by atoms with Gasteiger partial charge in [0.05, 0.1) is 19.4 Å². The number of rotatable bonds is 4. The Morgan fingerprint density at radius 2 is 1.88 bits per heavy atom. The van der Waals surface area contributed by atoms with E-state index in [-0.39, 0.29) is 5.92 Å². The highest BCUT2D eigenvalue weighted by Crippen LogP contribution is 2.50. The van der Waals surface area contributed by atoms with Crippen molar-refractivity contribution in [1.82, 2.24) is 0 Å². The molecule has 0 spiro atoms. The van der Waals surface area contributed by atoms with Crippen LogP contribution < -0.4 is 14.8 Å². The SMILES string of the molecule is COc1c(C)c(NC(=O)O)c(C)c2c1OCC2c1ccc(C(C)C)cc1. The van der Waals surface area contributed by atoms with E-state index in [0.717, 1.165) is 28.0 Å². The average molecular weight is 355 g/mol. The van der Waals surface area contributed by atoms with Crippen LogP contribution in [0.3, 0.4) is 0 Å². The maximum atomic E-state index is 11.2. The molecule has 2 aromatic carbocycles. The summed E-state index contributed by atoms with van der Waals surface area (Å²) in [5, 5.41) is 11.7. The summed E-state index contributed by atoms with van der Waals surface area (Å²) < 4.78 is 11.5. The molecule has 0 fully saturated rings. The normalized spacial score (nSPS) is 15.5. The Labute approximate surface area is 153 Å². The Hall–Kier alpha value is -2.69. The molecule has 0 aliphatic carbocycles. The van der Waals surface area contributed by atoms with E-state index >= 15 is 0 Å². The summed E-state index contributed by atoms with van der Waals surface area (Å²) >= 11 is 0. The number of anilines is 1. The molecule has 1 atom stereocenters. The summed E-state index contributed by atoms with van der Waals surface area (Å²) in [5.74, 6) is 1.84. The molecule has 2 aromatic rings. The van der Waals surface area contributed by atoms with Gasteiger partial charge in [-0.25, -0.2) is 4.79 Å². The first-order valence-corrected chi connectivity index (χ1v) is 8.78. The number of hydrogen-bond acceptors (Lipinski definition) is 3. The fourth-order valence-corrected chi connectivity index (χ4v) is 3.72. The van der Waals surface area contributed by atoms with Crippen LogP contribution in [0, 0.1) is 13.8 Å². The number of methoxy groups -OCH3 is 1. The lowest BCUT2D eigenvalue weighted by Gasteiger charge is -2.20. The van der Waals surface area contributed by atoms with Crippen molar-refractivity contribution in [2.24, 2.45) is 0 Å². The highest BCUT2D eigenvalue weighted by atomic mass is 16.5. The van der Waals surface area contributed by atoms with Crippen LogP contribution in [0.4, 0.5) is 10.5 Å². The Kier molecular flexibility index (Phi) is 4.81. The van der Waals surface area contributed by atoms with Gasteiger partial charge in [-0.2, -0.15) is 0 Å². The van der Waals surface area contributed by atoms with Crippen molar-refractivity contribution >= 4 is 11.8 Å². The van der Waals surface area contributed by atoms with E-state index in [2.05, 4.69) is 43.4 Å². The van der Waals surface area contributed by atoms with Crippen molar-refractivity contribution in [3.63, 3.8) is 0 Å². The van der Waals surface area contributed by atoms with Crippen LogP contribution >= 0.6 is 0 Å². The van der Waals surface area contributed by atoms with E-state index in [9.17, 15) is 9.90 Å². The zero-order valence-electron chi connectivity index (χ0n) is 15.8. The molecule has 26 heavy (non-hydrogen) atoms. The zero-order valence-corrected chi connectivity index (χ0v) is 15.8. The van der Waals surface area contributed by atoms with Gasteiger partial charge in [-0.15, -0.1) is 0 Å².